The molecule has 0 bridgehead atoms. The zero-order valence-electron chi connectivity index (χ0n) is 2.50. The van der Waals surface area contributed by atoms with E-state index in [1.807, 2.05) is 0 Å². The molecule has 0 amide bonds. The third-order valence-corrected chi connectivity index (χ3v) is 0. The van der Waals surface area contributed by atoms with E-state index in [2.05, 4.69) is 0 Å². The molecule has 0 heterocycles. The number of hydrogen-bond donors (Lipinski definition) is 0. The van der Waals surface area contributed by atoms with Gasteiger partial charge in [0.05, 0.1) is 0 Å². The fourth-order valence-electron chi connectivity index (χ4n) is 0. The zero-order chi connectivity index (χ0) is 0. The Morgan fingerprint density at radius 3 is 0.750 bits per heavy atom. The summed E-state index contributed by atoms with van der Waals surface area (Å²) in [6, 6.07) is 0. The third kappa shape index (κ3) is 9.08. The molecule has 4 heavy (non-hydrogen) atoms. The summed E-state index contributed by atoms with van der Waals surface area (Å²) in [6.45, 7) is 0. The summed E-state index contributed by atoms with van der Waals surface area (Å²) in [5.41, 5.74) is 0. The summed E-state index contributed by atoms with van der Waals surface area (Å²) in [5, 5.41) is 0. The Balaban J connectivity index is 0. The van der Waals surface area contributed by atoms with Gasteiger partial charge in [0, 0.05) is 51.4 Å². The zero-order valence-corrected chi connectivity index (χ0v) is 6.62. The molecule has 0 saturated carbocycles. The van der Waals surface area contributed by atoms with E-state index in [0.717, 1.165) is 0 Å². The van der Waals surface area contributed by atoms with E-state index >= 15 is 0 Å². The van der Waals surface area contributed by atoms with Gasteiger partial charge in [-0.15, -0.1) is 0 Å². The predicted molar refractivity (Wildman–Crippen MR) is 23.4 cm³/mol. The first kappa shape index (κ1) is 39.1. The van der Waals surface area contributed by atoms with E-state index in [9.17, 15) is 0 Å². The Hall–Kier alpha value is 1.91. The molecule has 4 heteroatoms. The second-order valence-electron chi connectivity index (χ2n) is 0. The van der Waals surface area contributed by atoms with Crippen molar-refractivity contribution in [3.63, 3.8) is 0 Å². The first-order valence-electron chi connectivity index (χ1n) is 0. The summed E-state index contributed by atoms with van der Waals surface area (Å²) in [5.74, 6) is 0. The second kappa shape index (κ2) is 20.6. The van der Waals surface area contributed by atoms with Crippen LogP contribution in [0.15, 0.2) is 0 Å². The van der Waals surface area contributed by atoms with Crippen molar-refractivity contribution >= 4 is 64.9 Å². The topological polar surface area (TPSA) is 63.0 Å². The number of hydrogen-bond acceptors (Lipinski definition) is 0. The fourth-order valence-corrected chi connectivity index (χ4v) is 0. The Labute approximate surface area is 74.4 Å². The molecule has 4 N–H and O–H groups in total. The first-order chi connectivity index (χ1) is 0. The van der Waals surface area contributed by atoms with E-state index in [1.54, 1.807) is 0 Å². The minimum atomic E-state index is 0. The molecule has 0 spiro atoms. The van der Waals surface area contributed by atoms with Gasteiger partial charge < -0.3 is 11.0 Å². The van der Waals surface area contributed by atoms with Crippen LogP contribution in [0.3, 0.4) is 0 Å². The second-order valence-corrected chi connectivity index (χ2v) is 0. The molecule has 1 radical (unpaired) electrons. The van der Waals surface area contributed by atoms with Gasteiger partial charge >= 0.3 is 0 Å². The monoisotopic (exact) mass is 109 g/mol. The van der Waals surface area contributed by atoms with Crippen molar-refractivity contribution in [3.05, 3.63) is 0 Å². The van der Waals surface area contributed by atoms with E-state index < -0.39 is 0 Å². The molecule has 25 valence electrons. The van der Waals surface area contributed by atoms with E-state index in [-0.39, 0.29) is 75.8 Å². The van der Waals surface area contributed by atoms with Gasteiger partial charge in [-0.05, 0) is 0 Å². The van der Waals surface area contributed by atoms with Crippen LogP contribution in [0.5, 0.6) is 0 Å². The van der Waals surface area contributed by atoms with Crippen molar-refractivity contribution in [2.24, 2.45) is 0 Å². The minimum Gasteiger partial charge on any atom is -0.412 e. The summed E-state index contributed by atoms with van der Waals surface area (Å²) in [4.78, 5) is 0. The molecule has 0 fully saturated rings. The molecule has 0 rings (SSSR count). The van der Waals surface area contributed by atoms with Crippen molar-refractivity contribution in [3.8, 4) is 0 Å². The molecule has 0 aromatic rings. The van der Waals surface area contributed by atoms with Crippen LogP contribution in [0.25, 0.3) is 0 Å². The van der Waals surface area contributed by atoms with Crippen molar-refractivity contribution in [1.29, 1.82) is 0 Å². The normalized spacial score (nSPS) is 0. The van der Waals surface area contributed by atoms with Gasteiger partial charge in [0.2, 0.25) is 0 Å². The molecular weight excluding hydrogens is 103 g/mol. The van der Waals surface area contributed by atoms with Crippen molar-refractivity contribution in [2.45, 2.75) is 0 Å². The molecule has 0 aliphatic rings. The number of rotatable bonds is 0. The van der Waals surface area contributed by atoms with Gasteiger partial charge in [-0.3, -0.25) is 0 Å². The predicted octanol–water partition coefficient (Wildman–Crippen LogP) is -1.92. The standard InChI is InChI=1S/K.2H2O.H2S/h;3*1H2. The largest absolute Gasteiger partial charge is 0.412 e. The van der Waals surface area contributed by atoms with Crippen LogP contribution in [0.2, 0.25) is 0 Å². The van der Waals surface area contributed by atoms with Crippen LogP contribution in [0.1, 0.15) is 0 Å². The summed E-state index contributed by atoms with van der Waals surface area (Å²) in [7, 11) is 0. The van der Waals surface area contributed by atoms with E-state index in [0.29, 0.717) is 0 Å². The molecule has 0 aliphatic carbocycles. The molecule has 0 saturated heterocycles. The van der Waals surface area contributed by atoms with Gasteiger partial charge in [0.1, 0.15) is 0 Å². The summed E-state index contributed by atoms with van der Waals surface area (Å²) in [6.07, 6.45) is 0. The smallest absolute Gasteiger partial charge is 0 e. The van der Waals surface area contributed by atoms with Crippen LogP contribution in [0, 0.1) is 0 Å². The van der Waals surface area contributed by atoms with Crippen LogP contribution in [0.4, 0.5) is 0 Å². The quantitative estimate of drug-likeness (QED) is 0.326. The molecule has 0 atom stereocenters. The summed E-state index contributed by atoms with van der Waals surface area (Å²) >= 11 is 0. The van der Waals surface area contributed by atoms with Crippen LogP contribution in [-0.2, 0) is 0 Å². The van der Waals surface area contributed by atoms with Crippen LogP contribution in [-0.4, -0.2) is 62.3 Å². The molecule has 0 aromatic carbocycles. The van der Waals surface area contributed by atoms with Gasteiger partial charge in [-0.1, -0.05) is 0 Å². The maximum atomic E-state index is 0. The minimum absolute atomic E-state index is 0. The summed E-state index contributed by atoms with van der Waals surface area (Å²) < 4.78 is 0. The molecular formula is H6KO2S. The maximum absolute atomic E-state index is 0. The van der Waals surface area contributed by atoms with Crippen molar-refractivity contribution < 1.29 is 11.0 Å². The Kier molecular flexibility index (Phi) is 201. The third-order valence-electron chi connectivity index (χ3n) is 0. The van der Waals surface area contributed by atoms with Gasteiger partial charge in [0.25, 0.3) is 0 Å². The average Bonchev–Trinajstić information content (AvgIpc) is 0. The van der Waals surface area contributed by atoms with Gasteiger partial charge in [-0.25, -0.2) is 0 Å². The van der Waals surface area contributed by atoms with Crippen molar-refractivity contribution in [1.82, 2.24) is 0 Å². The fraction of sp³-hybridized carbons (Fsp3) is 0. The maximum Gasteiger partial charge on any atom is 0 e. The Bertz CT molecular complexity index is 6.00. The molecule has 0 unspecified atom stereocenters. The Morgan fingerprint density at radius 2 is 0.750 bits per heavy atom. The average molecular weight is 109 g/mol. The molecule has 0 aromatic heterocycles. The molecule has 2 nitrogen and oxygen atoms in total. The molecule has 0 aliphatic heterocycles. The van der Waals surface area contributed by atoms with Gasteiger partial charge in [-0.2, -0.15) is 13.5 Å². The Morgan fingerprint density at radius 1 is 0.750 bits per heavy atom. The van der Waals surface area contributed by atoms with Crippen LogP contribution >= 0.6 is 13.5 Å². The van der Waals surface area contributed by atoms with E-state index in [1.165, 1.54) is 0 Å². The van der Waals surface area contributed by atoms with Crippen LogP contribution < -0.4 is 0 Å². The van der Waals surface area contributed by atoms with Crippen molar-refractivity contribution in [2.75, 3.05) is 0 Å². The first-order valence-corrected chi connectivity index (χ1v) is 0. The SMILES string of the molecule is O.O.S.[K]. The van der Waals surface area contributed by atoms with Gasteiger partial charge in [0.15, 0.2) is 0 Å². The van der Waals surface area contributed by atoms with E-state index in [4.69, 9.17) is 0 Å².